The summed E-state index contributed by atoms with van der Waals surface area (Å²) in [4.78, 5) is 13.6. The van der Waals surface area contributed by atoms with Crippen LogP contribution >= 0.6 is 0 Å². The highest BCUT2D eigenvalue weighted by Gasteiger charge is 2.38. The lowest BCUT2D eigenvalue weighted by molar-refractivity contribution is -0.117. The van der Waals surface area contributed by atoms with Crippen LogP contribution in [-0.2, 0) is 14.8 Å². The lowest BCUT2D eigenvalue weighted by Crippen LogP contribution is -2.32. The van der Waals surface area contributed by atoms with Crippen molar-refractivity contribution in [3.8, 4) is 11.5 Å². The van der Waals surface area contributed by atoms with Gasteiger partial charge in [-0.05, 0) is 26.0 Å². The maximum absolute atomic E-state index is 12.2. The van der Waals surface area contributed by atoms with E-state index in [9.17, 15) is 13.2 Å². The number of hydrogen-bond acceptors (Lipinski definition) is 5. The van der Waals surface area contributed by atoms with Crippen LogP contribution in [0, 0.1) is 0 Å². The van der Waals surface area contributed by atoms with Gasteiger partial charge in [0.25, 0.3) is 0 Å². The molecule has 122 valence electrons. The van der Waals surface area contributed by atoms with Crippen LogP contribution in [0.15, 0.2) is 18.2 Å². The smallest absolute Gasteiger partial charge is 0.228 e. The summed E-state index contributed by atoms with van der Waals surface area (Å²) in [6.07, 6.45) is -0.122. The van der Waals surface area contributed by atoms with Gasteiger partial charge in [0.15, 0.2) is 0 Å². The molecule has 0 aromatic heterocycles. The maximum Gasteiger partial charge on any atom is 0.228 e. The van der Waals surface area contributed by atoms with Crippen molar-refractivity contribution < 1.29 is 22.7 Å². The van der Waals surface area contributed by atoms with Crippen molar-refractivity contribution in [1.82, 2.24) is 0 Å². The first kappa shape index (κ1) is 16.6. The zero-order valence-corrected chi connectivity index (χ0v) is 13.4. The third-order valence-corrected chi connectivity index (χ3v) is 4.63. The van der Waals surface area contributed by atoms with Crippen LogP contribution in [0.25, 0.3) is 0 Å². The third-order valence-electron chi connectivity index (χ3n) is 3.39. The zero-order valence-electron chi connectivity index (χ0n) is 12.6. The lowest BCUT2D eigenvalue weighted by Gasteiger charge is -2.21. The topological polar surface area (TPSA) is 98.9 Å². The van der Waals surface area contributed by atoms with Gasteiger partial charge in [0, 0.05) is 19.0 Å². The van der Waals surface area contributed by atoms with Gasteiger partial charge in [-0.2, -0.15) is 0 Å². The second-order valence-electron chi connectivity index (χ2n) is 4.92. The van der Waals surface area contributed by atoms with E-state index in [1.807, 2.05) is 13.8 Å². The molecule has 1 unspecified atom stereocenters. The molecule has 0 bridgehead atoms. The minimum absolute atomic E-state index is 0.0212. The molecule has 1 saturated heterocycles. The number of anilines is 1. The van der Waals surface area contributed by atoms with Gasteiger partial charge in [0.1, 0.15) is 16.7 Å². The molecule has 0 radical (unpaired) electrons. The van der Waals surface area contributed by atoms with Gasteiger partial charge in [-0.3, -0.25) is 4.79 Å². The predicted molar refractivity (Wildman–Crippen MR) is 82.6 cm³/mol. The average molecular weight is 328 g/mol. The fourth-order valence-corrected chi connectivity index (χ4v) is 3.10. The van der Waals surface area contributed by atoms with E-state index in [4.69, 9.17) is 14.6 Å². The van der Waals surface area contributed by atoms with Crippen LogP contribution in [0.5, 0.6) is 11.5 Å². The number of ether oxygens (including phenoxy) is 2. The maximum atomic E-state index is 12.2. The molecule has 0 aliphatic carbocycles. The van der Waals surface area contributed by atoms with Gasteiger partial charge in [0.05, 0.1) is 18.9 Å². The largest absolute Gasteiger partial charge is 0.494 e. The SMILES string of the molecule is CCOc1ccc(OCC)c(N2CC(S(N)(=O)=O)CC2=O)c1. The number of primary sulfonamides is 1. The molecule has 1 heterocycles. The van der Waals surface area contributed by atoms with E-state index in [1.165, 1.54) is 4.90 Å². The van der Waals surface area contributed by atoms with Crippen molar-refractivity contribution in [2.75, 3.05) is 24.7 Å². The molecule has 0 spiro atoms. The Kier molecular flexibility index (Phi) is 4.92. The second-order valence-corrected chi connectivity index (χ2v) is 6.76. The molecular weight excluding hydrogens is 308 g/mol. The Morgan fingerprint density at radius 3 is 2.50 bits per heavy atom. The molecule has 7 nitrogen and oxygen atoms in total. The first-order chi connectivity index (χ1) is 10.4. The zero-order chi connectivity index (χ0) is 16.3. The van der Waals surface area contributed by atoms with Gasteiger partial charge in [-0.1, -0.05) is 0 Å². The number of hydrogen-bond donors (Lipinski definition) is 1. The average Bonchev–Trinajstić information content (AvgIpc) is 2.83. The molecule has 1 aromatic rings. The van der Waals surface area contributed by atoms with Crippen LogP contribution < -0.4 is 19.5 Å². The summed E-state index contributed by atoms with van der Waals surface area (Å²) in [6, 6.07) is 5.13. The minimum atomic E-state index is -3.76. The van der Waals surface area contributed by atoms with Crippen LogP contribution in [0.2, 0.25) is 0 Å². The predicted octanol–water partition coefficient (Wildman–Crippen LogP) is 0.878. The van der Waals surface area contributed by atoms with E-state index in [2.05, 4.69) is 0 Å². The highest BCUT2D eigenvalue weighted by Crippen LogP contribution is 2.35. The van der Waals surface area contributed by atoms with E-state index in [0.717, 1.165) is 0 Å². The van der Waals surface area contributed by atoms with E-state index < -0.39 is 15.3 Å². The Morgan fingerprint density at radius 1 is 1.27 bits per heavy atom. The van der Waals surface area contributed by atoms with E-state index in [1.54, 1.807) is 18.2 Å². The summed E-state index contributed by atoms with van der Waals surface area (Å²) in [5, 5.41) is 4.26. The van der Waals surface area contributed by atoms with Crippen molar-refractivity contribution in [1.29, 1.82) is 0 Å². The van der Waals surface area contributed by atoms with Gasteiger partial charge >= 0.3 is 0 Å². The highest BCUT2D eigenvalue weighted by atomic mass is 32.2. The third kappa shape index (κ3) is 3.50. The van der Waals surface area contributed by atoms with Crippen LogP contribution in [-0.4, -0.2) is 39.3 Å². The van der Waals surface area contributed by atoms with Gasteiger partial charge in [-0.25, -0.2) is 13.6 Å². The number of nitrogens with two attached hydrogens (primary N) is 1. The van der Waals surface area contributed by atoms with Crippen molar-refractivity contribution in [2.45, 2.75) is 25.5 Å². The van der Waals surface area contributed by atoms with Gasteiger partial charge in [-0.15, -0.1) is 0 Å². The Morgan fingerprint density at radius 2 is 1.95 bits per heavy atom. The number of carbonyl (C=O) groups excluding carboxylic acids is 1. The number of benzene rings is 1. The Hall–Kier alpha value is -1.80. The van der Waals surface area contributed by atoms with Crippen LogP contribution in [0.3, 0.4) is 0 Å². The summed E-state index contributed by atoms with van der Waals surface area (Å²) >= 11 is 0. The monoisotopic (exact) mass is 328 g/mol. The molecule has 1 fully saturated rings. The van der Waals surface area contributed by atoms with Crippen LogP contribution in [0.4, 0.5) is 5.69 Å². The number of nitrogens with zero attached hydrogens (tertiary/aromatic N) is 1. The Bertz CT molecular complexity index is 659. The van der Waals surface area contributed by atoms with Crippen molar-refractivity contribution >= 4 is 21.6 Å². The molecule has 1 atom stereocenters. The molecular formula is C14H20N2O5S. The lowest BCUT2D eigenvalue weighted by atomic mass is 10.2. The molecule has 1 aromatic carbocycles. The van der Waals surface area contributed by atoms with E-state index in [0.29, 0.717) is 30.4 Å². The molecule has 8 heteroatoms. The summed E-state index contributed by atoms with van der Waals surface area (Å²) in [5.41, 5.74) is 0.504. The summed E-state index contributed by atoms with van der Waals surface area (Å²) < 4.78 is 33.9. The van der Waals surface area contributed by atoms with E-state index in [-0.39, 0.29) is 18.9 Å². The van der Waals surface area contributed by atoms with Gasteiger partial charge in [0.2, 0.25) is 15.9 Å². The quantitative estimate of drug-likeness (QED) is 0.835. The first-order valence-electron chi connectivity index (χ1n) is 7.08. The number of amides is 1. The molecule has 1 aliphatic rings. The minimum Gasteiger partial charge on any atom is -0.494 e. The fraction of sp³-hybridized carbons (Fsp3) is 0.500. The second kappa shape index (κ2) is 6.53. The van der Waals surface area contributed by atoms with Crippen LogP contribution in [0.1, 0.15) is 20.3 Å². The first-order valence-corrected chi connectivity index (χ1v) is 8.69. The number of rotatable bonds is 6. The molecule has 1 amide bonds. The standard InChI is InChI=1S/C14H20N2O5S/c1-3-20-10-5-6-13(21-4-2)12(7-10)16-9-11(8-14(16)17)22(15,18)19/h5-7,11H,3-4,8-9H2,1-2H3,(H2,15,18,19). The Labute approximate surface area is 130 Å². The number of carbonyl (C=O) groups is 1. The van der Waals surface area contributed by atoms with Crippen molar-refractivity contribution in [3.63, 3.8) is 0 Å². The fourth-order valence-electron chi connectivity index (χ4n) is 2.37. The molecule has 22 heavy (non-hydrogen) atoms. The van der Waals surface area contributed by atoms with Crippen molar-refractivity contribution in [2.24, 2.45) is 5.14 Å². The Balaban J connectivity index is 2.37. The summed E-state index contributed by atoms with van der Waals surface area (Å²) in [5.74, 6) is 0.802. The molecule has 0 saturated carbocycles. The van der Waals surface area contributed by atoms with E-state index >= 15 is 0 Å². The highest BCUT2D eigenvalue weighted by molar-refractivity contribution is 7.89. The normalized spacial score (nSPS) is 18.6. The van der Waals surface area contributed by atoms with Gasteiger partial charge < -0.3 is 14.4 Å². The summed E-state index contributed by atoms with van der Waals surface area (Å²) in [7, 11) is -3.76. The molecule has 1 aliphatic heterocycles. The number of sulfonamides is 1. The molecule has 2 rings (SSSR count). The summed E-state index contributed by atoms with van der Waals surface area (Å²) in [6.45, 7) is 4.63. The van der Waals surface area contributed by atoms with Crippen molar-refractivity contribution in [3.05, 3.63) is 18.2 Å². The molecule has 2 N–H and O–H groups in total.